The number of alkyl halides is 3. The molecular formula is C14H10F3NO5. The largest absolute Gasteiger partial charge is 0.514 e. The van der Waals surface area contributed by atoms with Crippen molar-refractivity contribution in [2.45, 2.75) is 17.8 Å². The lowest BCUT2D eigenvalue weighted by molar-refractivity contribution is -0.606. The van der Waals surface area contributed by atoms with Gasteiger partial charge < -0.3 is 9.47 Å². The predicted octanol–water partition coefficient (Wildman–Crippen LogP) is 3.27. The minimum absolute atomic E-state index is 0.0338. The highest BCUT2D eigenvalue weighted by molar-refractivity contribution is 5.64. The van der Waals surface area contributed by atoms with Crippen LogP contribution >= 0.6 is 0 Å². The number of carbonyl (C=O) groups excluding carboxylic acids is 1. The summed E-state index contributed by atoms with van der Waals surface area (Å²) in [5.41, 5.74) is -3.56. The van der Waals surface area contributed by atoms with Crippen LogP contribution < -0.4 is 4.74 Å². The van der Waals surface area contributed by atoms with Gasteiger partial charge in [-0.05, 0) is 18.2 Å². The first kappa shape index (κ1) is 16.5. The molecule has 0 N–H and O–H groups in total. The fourth-order valence-electron chi connectivity index (χ4n) is 1.97. The molecule has 0 aliphatic heterocycles. The normalized spacial score (nSPS) is 23.3. The van der Waals surface area contributed by atoms with E-state index < -0.39 is 28.9 Å². The molecule has 0 amide bonds. The van der Waals surface area contributed by atoms with Gasteiger partial charge in [0.15, 0.2) is 0 Å². The highest BCUT2D eigenvalue weighted by Gasteiger charge is 2.70. The number of nitrogens with zero attached hydrogens (tertiary/aromatic N) is 1. The van der Waals surface area contributed by atoms with E-state index in [1.165, 1.54) is 24.3 Å². The Kier molecular flexibility index (Phi) is 4.39. The van der Waals surface area contributed by atoms with Gasteiger partial charge in [0.25, 0.3) is 0 Å². The molecule has 2 rings (SSSR count). The topological polar surface area (TPSA) is 78.7 Å². The second-order valence-corrected chi connectivity index (χ2v) is 4.53. The number of hydrogen-bond donors (Lipinski definition) is 0. The van der Waals surface area contributed by atoms with Gasteiger partial charge in [0, 0.05) is 11.0 Å². The summed E-state index contributed by atoms with van der Waals surface area (Å²) in [7, 11) is 0. The Labute approximate surface area is 128 Å². The highest BCUT2D eigenvalue weighted by atomic mass is 19.4. The van der Waals surface area contributed by atoms with Gasteiger partial charge in [-0.2, -0.15) is 13.2 Å². The number of para-hydroxylation sites is 1. The number of benzene rings is 1. The Morgan fingerprint density at radius 2 is 1.87 bits per heavy atom. The predicted molar refractivity (Wildman–Crippen MR) is 71.4 cm³/mol. The maximum absolute atomic E-state index is 13.2. The van der Waals surface area contributed by atoms with Crippen LogP contribution in [-0.4, -0.2) is 28.9 Å². The van der Waals surface area contributed by atoms with E-state index in [1.54, 1.807) is 6.07 Å². The lowest BCUT2D eigenvalue weighted by Gasteiger charge is -2.30. The molecule has 6 nitrogen and oxygen atoms in total. The summed E-state index contributed by atoms with van der Waals surface area (Å²) in [5.74, 6) is 0.0338. The monoisotopic (exact) mass is 329 g/mol. The summed E-state index contributed by atoms with van der Waals surface area (Å²) in [5, 5.41) is 11.0. The summed E-state index contributed by atoms with van der Waals surface area (Å²) < 4.78 is 48.9. The molecule has 2 unspecified atom stereocenters. The molecule has 2 atom stereocenters. The molecule has 0 spiro atoms. The van der Waals surface area contributed by atoms with Gasteiger partial charge in [0.1, 0.15) is 5.75 Å². The van der Waals surface area contributed by atoms with Crippen LogP contribution in [0.2, 0.25) is 0 Å². The molecule has 0 saturated heterocycles. The molecule has 1 aliphatic carbocycles. The Bertz CT molecular complexity index is 656. The quantitative estimate of drug-likeness (QED) is 0.368. The minimum Gasteiger partial charge on any atom is -0.418 e. The van der Waals surface area contributed by atoms with Crippen LogP contribution in [0.4, 0.5) is 18.0 Å². The van der Waals surface area contributed by atoms with Crippen LogP contribution in [0.1, 0.15) is 0 Å². The second kappa shape index (κ2) is 6.11. The van der Waals surface area contributed by atoms with Gasteiger partial charge >= 0.3 is 17.9 Å². The second-order valence-electron chi connectivity index (χ2n) is 4.53. The van der Waals surface area contributed by atoms with E-state index in [4.69, 9.17) is 4.74 Å². The zero-order valence-corrected chi connectivity index (χ0v) is 11.4. The van der Waals surface area contributed by atoms with Gasteiger partial charge in [-0.1, -0.05) is 30.4 Å². The maximum Gasteiger partial charge on any atom is 0.514 e. The number of halogens is 3. The first-order valence-electron chi connectivity index (χ1n) is 6.28. The molecule has 1 aromatic rings. The van der Waals surface area contributed by atoms with Crippen LogP contribution in [0, 0.1) is 10.1 Å². The first-order valence-corrected chi connectivity index (χ1v) is 6.28. The van der Waals surface area contributed by atoms with Crippen LogP contribution in [-0.2, 0) is 4.74 Å². The van der Waals surface area contributed by atoms with Crippen molar-refractivity contribution < 1.29 is 32.4 Å². The standard InChI is InChI=1S/C14H10F3NO5/c15-14(16,17)13(18(20)21)9-5-4-8-11(13)23-12(19)22-10-6-2-1-3-7-10/h1-9,11H. The van der Waals surface area contributed by atoms with Crippen molar-refractivity contribution in [2.24, 2.45) is 0 Å². The summed E-state index contributed by atoms with van der Waals surface area (Å²) in [6.07, 6.45) is -5.81. The third-order valence-electron chi connectivity index (χ3n) is 3.10. The molecule has 0 fully saturated rings. The molecule has 0 aromatic heterocycles. The van der Waals surface area contributed by atoms with Crippen molar-refractivity contribution in [1.29, 1.82) is 0 Å². The highest BCUT2D eigenvalue weighted by Crippen LogP contribution is 2.40. The molecular weight excluding hydrogens is 319 g/mol. The van der Waals surface area contributed by atoms with Gasteiger partial charge in [0.05, 0.1) is 0 Å². The van der Waals surface area contributed by atoms with Crippen LogP contribution in [0.5, 0.6) is 5.75 Å². The SMILES string of the molecule is O=C(Oc1ccccc1)OC1C=CC=CC1([N+](=O)[O-])C(F)(F)F. The van der Waals surface area contributed by atoms with Crippen molar-refractivity contribution in [3.8, 4) is 5.75 Å². The third-order valence-corrected chi connectivity index (χ3v) is 3.10. The van der Waals surface area contributed by atoms with Crippen molar-refractivity contribution in [3.05, 3.63) is 64.8 Å². The van der Waals surface area contributed by atoms with Gasteiger partial charge in [-0.25, -0.2) is 4.79 Å². The number of ether oxygens (including phenoxy) is 2. The Morgan fingerprint density at radius 1 is 1.22 bits per heavy atom. The average Bonchev–Trinajstić information content (AvgIpc) is 2.47. The zero-order valence-electron chi connectivity index (χ0n) is 11.4. The lowest BCUT2D eigenvalue weighted by atomic mass is 9.88. The smallest absolute Gasteiger partial charge is 0.418 e. The fourth-order valence-corrected chi connectivity index (χ4v) is 1.97. The summed E-state index contributed by atoms with van der Waals surface area (Å²) in [6.45, 7) is 0. The van der Waals surface area contributed by atoms with Crippen molar-refractivity contribution in [3.63, 3.8) is 0 Å². The minimum atomic E-state index is -5.27. The maximum atomic E-state index is 13.2. The van der Waals surface area contributed by atoms with Crippen molar-refractivity contribution in [2.75, 3.05) is 0 Å². The third kappa shape index (κ3) is 3.17. The number of hydrogen-bond acceptors (Lipinski definition) is 5. The molecule has 122 valence electrons. The zero-order chi connectivity index (χ0) is 17.1. The Hall–Kier alpha value is -2.84. The van der Waals surface area contributed by atoms with E-state index in [-0.39, 0.29) is 5.75 Å². The summed E-state index contributed by atoms with van der Waals surface area (Å²) >= 11 is 0. The van der Waals surface area contributed by atoms with Gasteiger partial charge in [0.2, 0.25) is 6.10 Å². The number of carbonyl (C=O) groups is 1. The number of rotatable bonds is 3. The fraction of sp³-hybridized carbons (Fsp3) is 0.214. The van der Waals surface area contributed by atoms with Gasteiger partial charge in [-0.3, -0.25) is 10.1 Å². The Morgan fingerprint density at radius 3 is 2.43 bits per heavy atom. The summed E-state index contributed by atoms with van der Waals surface area (Å²) in [6, 6.07) is 7.45. The van der Waals surface area contributed by atoms with E-state index in [2.05, 4.69) is 4.74 Å². The van der Waals surface area contributed by atoms with Crippen LogP contribution in [0.3, 0.4) is 0 Å². The lowest BCUT2D eigenvalue weighted by Crippen LogP contribution is -2.60. The molecule has 1 aromatic carbocycles. The molecule has 9 heteroatoms. The van der Waals surface area contributed by atoms with E-state index in [1.807, 2.05) is 0 Å². The number of allylic oxidation sites excluding steroid dienone is 2. The molecule has 0 saturated carbocycles. The molecule has 0 bridgehead atoms. The Balaban J connectivity index is 2.22. The van der Waals surface area contributed by atoms with E-state index >= 15 is 0 Å². The van der Waals surface area contributed by atoms with E-state index in [0.29, 0.717) is 6.08 Å². The van der Waals surface area contributed by atoms with Crippen LogP contribution in [0.15, 0.2) is 54.6 Å². The molecule has 1 aliphatic rings. The molecule has 0 heterocycles. The number of nitro groups is 1. The summed E-state index contributed by atoms with van der Waals surface area (Å²) in [4.78, 5) is 21.1. The van der Waals surface area contributed by atoms with Crippen LogP contribution in [0.25, 0.3) is 0 Å². The van der Waals surface area contributed by atoms with Gasteiger partial charge in [-0.15, -0.1) is 0 Å². The average molecular weight is 329 g/mol. The van der Waals surface area contributed by atoms with E-state index in [9.17, 15) is 28.1 Å². The molecule has 23 heavy (non-hydrogen) atoms. The van der Waals surface area contributed by atoms with Crippen molar-refractivity contribution >= 4 is 6.16 Å². The first-order chi connectivity index (χ1) is 10.8. The molecule has 0 radical (unpaired) electrons. The van der Waals surface area contributed by atoms with E-state index in [0.717, 1.165) is 18.2 Å². The van der Waals surface area contributed by atoms with Crippen molar-refractivity contribution in [1.82, 2.24) is 0 Å².